The molecule has 4 nitrogen and oxygen atoms in total. The summed E-state index contributed by atoms with van der Waals surface area (Å²) in [5.41, 5.74) is 0. The molecule has 2 saturated heterocycles. The van der Waals surface area contributed by atoms with Gasteiger partial charge >= 0.3 is 5.97 Å². The third kappa shape index (κ3) is 0.710. The van der Waals surface area contributed by atoms with Crippen molar-refractivity contribution in [2.45, 2.75) is 18.6 Å². The largest absolute Gasteiger partial charge is 0.370 e. The molecule has 2 fully saturated rings. The summed E-state index contributed by atoms with van der Waals surface area (Å²) in [4.78, 5) is 19.5. The normalized spacial score (nSPS) is 40.7. The summed E-state index contributed by atoms with van der Waals surface area (Å²) in [7, 11) is 0. The molecule has 0 amide bonds. The van der Waals surface area contributed by atoms with E-state index in [9.17, 15) is 4.79 Å². The lowest BCUT2D eigenvalue weighted by molar-refractivity contribution is -0.304. The molecule has 2 atom stereocenters. The molecule has 0 spiro atoms. The second kappa shape index (κ2) is 1.68. The number of carbonyl (C=O) groups excluding carboxylic acids is 1. The van der Waals surface area contributed by atoms with Crippen molar-refractivity contribution < 1.29 is 19.3 Å². The fourth-order valence-electron chi connectivity index (χ4n) is 0.999. The van der Waals surface area contributed by atoms with Crippen LogP contribution in [0.2, 0.25) is 0 Å². The summed E-state index contributed by atoms with van der Waals surface area (Å²) in [6.07, 6.45) is 0.273. The Bertz CT molecular complexity index is 144. The van der Waals surface area contributed by atoms with Crippen LogP contribution in [0.3, 0.4) is 0 Å². The van der Waals surface area contributed by atoms with Crippen LogP contribution < -0.4 is 0 Å². The van der Waals surface area contributed by atoms with Crippen LogP contribution in [-0.4, -0.2) is 24.8 Å². The van der Waals surface area contributed by atoms with E-state index in [4.69, 9.17) is 4.74 Å². The molecular formula is C5H6O4. The van der Waals surface area contributed by atoms with Gasteiger partial charge < -0.3 is 4.74 Å². The fraction of sp³-hybridized carbons (Fsp3) is 0.800. The lowest BCUT2D eigenvalue weighted by atomic mass is 10.2. The quantitative estimate of drug-likeness (QED) is 0.420. The fourth-order valence-corrected chi connectivity index (χ4v) is 0.999. The first-order chi connectivity index (χ1) is 4.36. The summed E-state index contributed by atoms with van der Waals surface area (Å²) < 4.78 is 4.99. The van der Waals surface area contributed by atoms with Crippen molar-refractivity contribution in [2.75, 3.05) is 6.61 Å². The Morgan fingerprint density at radius 1 is 1.56 bits per heavy atom. The summed E-state index contributed by atoms with van der Waals surface area (Å²) in [6, 6.07) is 0. The molecule has 50 valence electrons. The highest BCUT2D eigenvalue weighted by molar-refractivity contribution is 5.75. The first-order valence-corrected chi connectivity index (χ1v) is 2.85. The van der Waals surface area contributed by atoms with E-state index >= 15 is 0 Å². The third-order valence-electron chi connectivity index (χ3n) is 1.49. The van der Waals surface area contributed by atoms with E-state index in [1.807, 2.05) is 0 Å². The maximum absolute atomic E-state index is 10.6. The van der Waals surface area contributed by atoms with E-state index in [-0.39, 0.29) is 12.2 Å². The zero-order valence-corrected chi connectivity index (χ0v) is 4.70. The minimum Gasteiger partial charge on any atom is -0.363 e. The molecule has 0 radical (unpaired) electrons. The molecular weight excluding hydrogens is 124 g/mol. The molecule has 0 aromatic heterocycles. The molecule has 2 heterocycles. The van der Waals surface area contributed by atoms with E-state index in [2.05, 4.69) is 9.78 Å². The van der Waals surface area contributed by atoms with Crippen molar-refractivity contribution in [3.63, 3.8) is 0 Å². The van der Waals surface area contributed by atoms with Gasteiger partial charge in [-0.05, 0) is 0 Å². The molecule has 2 unspecified atom stereocenters. The van der Waals surface area contributed by atoms with Crippen molar-refractivity contribution in [1.29, 1.82) is 0 Å². The highest BCUT2D eigenvalue weighted by atomic mass is 17.2. The second-order valence-electron chi connectivity index (χ2n) is 2.18. The number of fused-ring (bicyclic) bond motifs is 2. The van der Waals surface area contributed by atoms with Crippen molar-refractivity contribution >= 4 is 5.97 Å². The standard InChI is InChI=1S/C5H6O4/c6-5-4-1-3(2-7-4)8-9-5/h3-4H,1-2H2. The van der Waals surface area contributed by atoms with Gasteiger partial charge in [0, 0.05) is 6.42 Å². The summed E-state index contributed by atoms with van der Waals surface area (Å²) in [6.45, 7) is 0.483. The van der Waals surface area contributed by atoms with Gasteiger partial charge in [0.25, 0.3) is 0 Å². The highest BCUT2D eigenvalue weighted by Crippen LogP contribution is 2.22. The molecule has 0 aromatic rings. The van der Waals surface area contributed by atoms with Gasteiger partial charge in [-0.1, -0.05) is 0 Å². The maximum Gasteiger partial charge on any atom is 0.370 e. The number of carbonyl (C=O) groups is 1. The van der Waals surface area contributed by atoms with Crippen LogP contribution >= 0.6 is 0 Å². The Labute approximate surface area is 51.6 Å². The van der Waals surface area contributed by atoms with Crippen LogP contribution in [0.15, 0.2) is 0 Å². The van der Waals surface area contributed by atoms with Crippen molar-refractivity contribution in [1.82, 2.24) is 0 Å². The molecule has 4 heteroatoms. The SMILES string of the molecule is O=C1OOC2COC1C2. The Hall–Kier alpha value is -0.610. The Kier molecular flexibility index (Phi) is 0.972. The monoisotopic (exact) mass is 130 g/mol. The van der Waals surface area contributed by atoms with Crippen molar-refractivity contribution in [3.8, 4) is 0 Å². The molecule has 2 aliphatic heterocycles. The lowest BCUT2D eigenvalue weighted by Crippen LogP contribution is -2.29. The van der Waals surface area contributed by atoms with E-state index in [0.29, 0.717) is 13.0 Å². The van der Waals surface area contributed by atoms with Gasteiger partial charge in [0.05, 0.1) is 6.61 Å². The number of ether oxygens (including phenoxy) is 1. The molecule has 2 aliphatic rings. The smallest absolute Gasteiger partial charge is 0.363 e. The predicted octanol–water partition coefficient (Wildman–Crippen LogP) is -0.368. The van der Waals surface area contributed by atoms with Crippen LogP contribution in [0.4, 0.5) is 0 Å². The Morgan fingerprint density at radius 2 is 2.44 bits per heavy atom. The lowest BCUT2D eigenvalue weighted by Gasteiger charge is -2.13. The van der Waals surface area contributed by atoms with E-state index in [1.165, 1.54) is 0 Å². The zero-order chi connectivity index (χ0) is 6.27. The Morgan fingerprint density at radius 3 is 3.22 bits per heavy atom. The van der Waals surface area contributed by atoms with Crippen LogP contribution in [0.5, 0.6) is 0 Å². The van der Waals surface area contributed by atoms with E-state index in [1.54, 1.807) is 0 Å². The minimum atomic E-state index is -0.399. The minimum absolute atomic E-state index is 0.0206. The van der Waals surface area contributed by atoms with Gasteiger partial charge in [-0.15, -0.1) is 0 Å². The van der Waals surface area contributed by atoms with Crippen LogP contribution in [0.25, 0.3) is 0 Å². The molecule has 0 aromatic carbocycles. The topological polar surface area (TPSA) is 44.8 Å². The molecule has 9 heavy (non-hydrogen) atoms. The van der Waals surface area contributed by atoms with Gasteiger partial charge in [0.15, 0.2) is 6.10 Å². The van der Waals surface area contributed by atoms with Crippen molar-refractivity contribution in [2.24, 2.45) is 0 Å². The molecule has 0 N–H and O–H groups in total. The summed E-state index contributed by atoms with van der Waals surface area (Å²) >= 11 is 0. The first kappa shape index (κ1) is 5.20. The zero-order valence-electron chi connectivity index (χ0n) is 4.70. The predicted molar refractivity (Wildman–Crippen MR) is 25.3 cm³/mol. The van der Waals surface area contributed by atoms with Crippen LogP contribution in [-0.2, 0) is 19.3 Å². The van der Waals surface area contributed by atoms with Gasteiger partial charge in [0.2, 0.25) is 0 Å². The number of hydrogen-bond acceptors (Lipinski definition) is 4. The van der Waals surface area contributed by atoms with Crippen LogP contribution in [0.1, 0.15) is 6.42 Å². The van der Waals surface area contributed by atoms with Gasteiger partial charge in [-0.2, -0.15) is 4.89 Å². The number of rotatable bonds is 0. The average Bonchev–Trinajstić information content (AvgIpc) is 2.25. The van der Waals surface area contributed by atoms with Gasteiger partial charge in [-0.3, -0.25) is 4.89 Å². The van der Waals surface area contributed by atoms with Gasteiger partial charge in [0.1, 0.15) is 6.10 Å². The molecule has 0 saturated carbocycles. The van der Waals surface area contributed by atoms with Crippen LogP contribution in [0, 0.1) is 0 Å². The maximum atomic E-state index is 10.6. The first-order valence-electron chi connectivity index (χ1n) is 2.85. The second-order valence-corrected chi connectivity index (χ2v) is 2.18. The van der Waals surface area contributed by atoms with E-state index in [0.717, 1.165) is 0 Å². The average molecular weight is 130 g/mol. The Balaban J connectivity index is 2.14. The summed E-state index contributed by atoms with van der Waals surface area (Å²) in [5.74, 6) is -0.399. The molecule has 2 bridgehead atoms. The molecule has 0 aliphatic carbocycles. The molecule has 2 rings (SSSR count). The van der Waals surface area contributed by atoms with Crippen molar-refractivity contribution in [3.05, 3.63) is 0 Å². The number of hydrogen-bond donors (Lipinski definition) is 0. The highest BCUT2D eigenvalue weighted by Gasteiger charge is 2.39. The van der Waals surface area contributed by atoms with E-state index < -0.39 is 5.97 Å². The third-order valence-corrected chi connectivity index (χ3v) is 1.49. The van der Waals surface area contributed by atoms with Gasteiger partial charge in [-0.25, -0.2) is 4.79 Å². The summed E-state index contributed by atoms with van der Waals surface area (Å²) in [5, 5.41) is 0.